The molecule has 4 heteroatoms. The number of nitrogens with one attached hydrogen (secondary N) is 1. The molecule has 1 heterocycles. The monoisotopic (exact) mass is 287 g/mol. The van der Waals surface area contributed by atoms with Gasteiger partial charge in [0.15, 0.2) is 0 Å². The molecule has 0 radical (unpaired) electrons. The summed E-state index contributed by atoms with van der Waals surface area (Å²) in [6.45, 7) is 10.0. The molecule has 1 atom stereocenters. The summed E-state index contributed by atoms with van der Waals surface area (Å²) in [6, 6.07) is 0.400. The van der Waals surface area contributed by atoms with Crippen LogP contribution in [-0.2, 0) is 9.47 Å². The number of ether oxygens (including phenoxy) is 2. The molecule has 1 unspecified atom stereocenters. The second-order valence-corrected chi connectivity index (χ2v) is 6.61. The molecule has 4 nitrogen and oxygen atoms in total. The number of hydrogen-bond donors (Lipinski definition) is 2. The van der Waals surface area contributed by atoms with Gasteiger partial charge in [0, 0.05) is 38.0 Å². The summed E-state index contributed by atoms with van der Waals surface area (Å²) in [6.07, 6.45) is 5.42. The van der Waals surface area contributed by atoms with E-state index >= 15 is 0 Å². The molecular formula is C16H33NO3. The molecule has 1 aliphatic heterocycles. The Bertz CT molecular complexity index is 242. The second kappa shape index (κ2) is 9.72. The van der Waals surface area contributed by atoms with Gasteiger partial charge >= 0.3 is 0 Å². The molecule has 0 amide bonds. The third kappa shape index (κ3) is 7.58. The summed E-state index contributed by atoms with van der Waals surface area (Å²) >= 11 is 0. The average molecular weight is 287 g/mol. The van der Waals surface area contributed by atoms with Crippen LogP contribution in [0.3, 0.4) is 0 Å². The van der Waals surface area contributed by atoms with E-state index < -0.39 is 0 Å². The van der Waals surface area contributed by atoms with Gasteiger partial charge in [0.2, 0.25) is 0 Å². The molecule has 0 aliphatic carbocycles. The normalized spacial score (nSPS) is 20.2. The van der Waals surface area contributed by atoms with Crippen LogP contribution >= 0.6 is 0 Å². The van der Waals surface area contributed by atoms with Gasteiger partial charge in [-0.15, -0.1) is 0 Å². The quantitative estimate of drug-likeness (QED) is 0.606. The summed E-state index contributed by atoms with van der Waals surface area (Å²) in [4.78, 5) is 0. The van der Waals surface area contributed by atoms with Crippen LogP contribution in [0.15, 0.2) is 0 Å². The van der Waals surface area contributed by atoms with Crippen molar-refractivity contribution in [2.24, 2.45) is 5.92 Å². The fraction of sp³-hybridized carbons (Fsp3) is 1.00. The Kier molecular flexibility index (Phi) is 8.69. The van der Waals surface area contributed by atoms with Crippen molar-refractivity contribution in [1.29, 1.82) is 0 Å². The van der Waals surface area contributed by atoms with Crippen LogP contribution in [-0.4, -0.2) is 49.7 Å². The van der Waals surface area contributed by atoms with Gasteiger partial charge in [-0.1, -0.05) is 13.8 Å². The van der Waals surface area contributed by atoms with Gasteiger partial charge < -0.3 is 19.9 Å². The van der Waals surface area contributed by atoms with Gasteiger partial charge in [0.1, 0.15) is 0 Å². The maximum Gasteiger partial charge on any atom is 0.0610 e. The smallest absolute Gasteiger partial charge is 0.0610 e. The first-order chi connectivity index (χ1) is 9.56. The number of aliphatic hydroxyl groups excluding tert-OH is 1. The average Bonchev–Trinajstić information content (AvgIpc) is 2.43. The number of aliphatic hydroxyl groups is 1. The van der Waals surface area contributed by atoms with E-state index in [9.17, 15) is 5.11 Å². The van der Waals surface area contributed by atoms with Crippen molar-refractivity contribution in [2.45, 2.75) is 64.5 Å². The van der Waals surface area contributed by atoms with Gasteiger partial charge in [0.25, 0.3) is 0 Å². The minimum absolute atomic E-state index is 0.158. The summed E-state index contributed by atoms with van der Waals surface area (Å²) in [5.41, 5.74) is -0.158. The molecule has 1 rings (SSSR count). The van der Waals surface area contributed by atoms with Crippen molar-refractivity contribution in [3.05, 3.63) is 0 Å². The van der Waals surface area contributed by atoms with E-state index in [2.05, 4.69) is 26.1 Å². The van der Waals surface area contributed by atoms with E-state index in [-0.39, 0.29) is 12.1 Å². The number of hydrogen-bond acceptors (Lipinski definition) is 4. The summed E-state index contributed by atoms with van der Waals surface area (Å²) in [5, 5.41) is 12.9. The molecule has 20 heavy (non-hydrogen) atoms. The van der Waals surface area contributed by atoms with E-state index in [1.807, 2.05) is 0 Å². The van der Waals surface area contributed by atoms with Crippen molar-refractivity contribution in [2.75, 3.05) is 33.0 Å². The van der Waals surface area contributed by atoms with Crippen molar-refractivity contribution >= 4 is 0 Å². The molecule has 0 saturated carbocycles. The Morgan fingerprint density at radius 1 is 1.30 bits per heavy atom. The van der Waals surface area contributed by atoms with E-state index in [1.165, 1.54) is 0 Å². The van der Waals surface area contributed by atoms with E-state index in [1.54, 1.807) is 0 Å². The van der Waals surface area contributed by atoms with Gasteiger partial charge in [-0.2, -0.15) is 0 Å². The predicted octanol–water partition coefficient (Wildman–Crippen LogP) is 2.35. The van der Waals surface area contributed by atoms with Crippen LogP contribution in [0, 0.1) is 5.92 Å². The lowest BCUT2D eigenvalue weighted by Gasteiger charge is -2.31. The SMILES string of the molecule is CC(C)NC(C)(CO)CCCCOCC1CCOCC1. The lowest BCUT2D eigenvalue weighted by Crippen LogP contribution is -2.49. The first-order valence-electron chi connectivity index (χ1n) is 8.10. The molecule has 0 bridgehead atoms. The predicted molar refractivity (Wildman–Crippen MR) is 82.0 cm³/mol. The Hall–Kier alpha value is -0.160. The van der Waals surface area contributed by atoms with Crippen LogP contribution in [0.4, 0.5) is 0 Å². The molecule has 120 valence electrons. The molecule has 0 aromatic rings. The Morgan fingerprint density at radius 3 is 2.60 bits per heavy atom. The zero-order chi connectivity index (χ0) is 14.8. The maximum atomic E-state index is 9.50. The Balaban J connectivity index is 2.02. The standard InChI is InChI=1S/C16H33NO3/c1-14(2)17-16(3,13-18)8-4-5-9-20-12-15-6-10-19-11-7-15/h14-15,17-18H,4-13H2,1-3H3. The first kappa shape index (κ1) is 17.9. The molecule has 0 aromatic carbocycles. The lowest BCUT2D eigenvalue weighted by molar-refractivity contribution is 0.0193. The van der Waals surface area contributed by atoms with Gasteiger partial charge in [-0.05, 0) is 44.9 Å². The van der Waals surface area contributed by atoms with Gasteiger partial charge in [0.05, 0.1) is 6.61 Å². The van der Waals surface area contributed by atoms with Crippen LogP contribution in [0.25, 0.3) is 0 Å². The largest absolute Gasteiger partial charge is 0.394 e. The maximum absolute atomic E-state index is 9.50. The fourth-order valence-corrected chi connectivity index (χ4v) is 2.78. The third-order valence-electron chi connectivity index (χ3n) is 3.95. The zero-order valence-corrected chi connectivity index (χ0v) is 13.5. The molecule has 1 saturated heterocycles. The van der Waals surface area contributed by atoms with Crippen LogP contribution < -0.4 is 5.32 Å². The minimum Gasteiger partial charge on any atom is -0.394 e. The molecule has 2 N–H and O–H groups in total. The zero-order valence-electron chi connectivity index (χ0n) is 13.5. The highest BCUT2D eigenvalue weighted by Crippen LogP contribution is 2.16. The molecule has 1 fully saturated rings. The molecule has 0 aromatic heterocycles. The fourth-order valence-electron chi connectivity index (χ4n) is 2.78. The highest BCUT2D eigenvalue weighted by molar-refractivity contribution is 4.83. The van der Waals surface area contributed by atoms with Crippen molar-refractivity contribution in [1.82, 2.24) is 5.32 Å². The van der Waals surface area contributed by atoms with Gasteiger partial charge in [-0.25, -0.2) is 0 Å². The highest BCUT2D eigenvalue weighted by Gasteiger charge is 2.23. The summed E-state index contributed by atoms with van der Waals surface area (Å²) in [7, 11) is 0. The lowest BCUT2D eigenvalue weighted by atomic mass is 9.95. The van der Waals surface area contributed by atoms with Crippen LogP contribution in [0.1, 0.15) is 52.9 Å². The van der Waals surface area contributed by atoms with Crippen molar-refractivity contribution < 1.29 is 14.6 Å². The Labute approximate surface area is 124 Å². The molecular weight excluding hydrogens is 254 g/mol. The van der Waals surface area contributed by atoms with Gasteiger partial charge in [-0.3, -0.25) is 0 Å². The topological polar surface area (TPSA) is 50.7 Å². The van der Waals surface area contributed by atoms with Crippen molar-refractivity contribution in [3.63, 3.8) is 0 Å². The van der Waals surface area contributed by atoms with E-state index in [0.29, 0.717) is 12.0 Å². The first-order valence-corrected chi connectivity index (χ1v) is 8.10. The second-order valence-electron chi connectivity index (χ2n) is 6.61. The van der Waals surface area contributed by atoms with Crippen molar-refractivity contribution in [3.8, 4) is 0 Å². The van der Waals surface area contributed by atoms with Crippen LogP contribution in [0.2, 0.25) is 0 Å². The number of unbranched alkanes of at least 4 members (excludes halogenated alkanes) is 1. The summed E-state index contributed by atoms with van der Waals surface area (Å²) < 4.78 is 11.1. The summed E-state index contributed by atoms with van der Waals surface area (Å²) in [5.74, 6) is 0.689. The van der Waals surface area contributed by atoms with E-state index in [4.69, 9.17) is 9.47 Å². The Morgan fingerprint density at radius 2 is 2.00 bits per heavy atom. The highest BCUT2D eigenvalue weighted by atomic mass is 16.5. The van der Waals surface area contributed by atoms with Crippen LogP contribution in [0.5, 0.6) is 0 Å². The molecule has 0 spiro atoms. The van der Waals surface area contributed by atoms with E-state index in [0.717, 1.165) is 58.5 Å². The minimum atomic E-state index is -0.158. The molecule has 1 aliphatic rings. The third-order valence-corrected chi connectivity index (χ3v) is 3.95. The number of rotatable bonds is 10.